The van der Waals surface area contributed by atoms with Gasteiger partial charge in [0.25, 0.3) is 5.91 Å². The normalized spacial score (nSPS) is 15.7. The van der Waals surface area contributed by atoms with Crippen LogP contribution in [0.25, 0.3) is 0 Å². The van der Waals surface area contributed by atoms with Crippen LogP contribution in [0.2, 0.25) is 0 Å². The topological polar surface area (TPSA) is 144 Å². The number of ether oxygens (including phenoxy) is 3. The molecule has 1 heterocycles. The van der Waals surface area contributed by atoms with E-state index in [2.05, 4.69) is 10.6 Å². The Morgan fingerprint density at radius 2 is 1.48 bits per heavy atom. The first-order chi connectivity index (χ1) is 21.9. The largest absolute Gasteiger partial charge is 0.508 e. The second-order valence-electron chi connectivity index (χ2n) is 11.8. The summed E-state index contributed by atoms with van der Waals surface area (Å²) in [5.74, 6) is -1.96. The first-order valence-corrected chi connectivity index (χ1v) is 14.8. The summed E-state index contributed by atoms with van der Waals surface area (Å²) < 4.78 is 16.6. The molecule has 1 fully saturated rings. The molecule has 2 atom stereocenters. The van der Waals surface area contributed by atoms with Crippen molar-refractivity contribution in [2.24, 2.45) is 0 Å². The molecule has 0 aliphatic carbocycles. The molecule has 242 valence electrons. The van der Waals surface area contributed by atoms with Crippen molar-refractivity contribution in [2.45, 2.75) is 51.5 Å². The minimum Gasteiger partial charge on any atom is -0.508 e. The van der Waals surface area contributed by atoms with Crippen LogP contribution in [0, 0.1) is 0 Å². The van der Waals surface area contributed by atoms with E-state index in [1.807, 2.05) is 60.7 Å². The molecule has 4 rings (SSSR count). The van der Waals surface area contributed by atoms with E-state index in [-0.39, 0.29) is 24.6 Å². The van der Waals surface area contributed by atoms with Gasteiger partial charge in [0, 0.05) is 7.11 Å². The fourth-order valence-corrected chi connectivity index (χ4v) is 4.93. The fraction of sp³-hybridized carbons (Fsp3) is 0.314. The zero-order valence-corrected chi connectivity index (χ0v) is 26.5. The van der Waals surface area contributed by atoms with Crippen LogP contribution < -0.4 is 10.6 Å². The van der Waals surface area contributed by atoms with Gasteiger partial charge >= 0.3 is 12.1 Å². The zero-order chi connectivity index (χ0) is 33.4. The summed E-state index contributed by atoms with van der Waals surface area (Å²) >= 11 is 0. The third-order valence-electron chi connectivity index (χ3n) is 7.05. The summed E-state index contributed by atoms with van der Waals surface area (Å²) in [5.41, 5.74) is 1.54. The van der Waals surface area contributed by atoms with Crippen molar-refractivity contribution < 1.29 is 38.5 Å². The van der Waals surface area contributed by atoms with Gasteiger partial charge in [0.2, 0.25) is 5.91 Å². The van der Waals surface area contributed by atoms with Crippen molar-refractivity contribution in [1.82, 2.24) is 15.5 Å². The molecule has 3 aromatic rings. The molecule has 0 aromatic heterocycles. The summed E-state index contributed by atoms with van der Waals surface area (Å²) in [5, 5.41) is 14.9. The monoisotopic (exact) mass is 629 g/mol. The van der Waals surface area contributed by atoms with Gasteiger partial charge in [0.15, 0.2) is 6.10 Å². The van der Waals surface area contributed by atoms with Gasteiger partial charge < -0.3 is 34.9 Å². The predicted molar refractivity (Wildman–Crippen MR) is 169 cm³/mol. The average Bonchev–Trinajstić information content (AvgIpc) is 3.02. The Kier molecular flexibility index (Phi) is 10.8. The van der Waals surface area contributed by atoms with Crippen LogP contribution in [0.1, 0.15) is 56.5 Å². The Hall–Kier alpha value is -5.16. The molecule has 1 aliphatic rings. The molecular weight excluding hydrogens is 590 g/mol. The average molecular weight is 630 g/mol. The van der Waals surface area contributed by atoms with Crippen LogP contribution in [0.15, 0.2) is 96.2 Å². The van der Waals surface area contributed by atoms with Gasteiger partial charge in [0.1, 0.15) is 29.1 Å². The molecule has 46 heavy (non-hydrogen) atoms. The fourth-order valence-electron chi connectivity index (χ4n) is 4.93. The Morgan fingerprint density at radius 1 is 0.913 bits per heavy atom. The number of carbonyl (C=O) groups is 4. The van der Waals surface area contributed by atoms with Crippen LogP contribution in [0.4, 0.5) is 4.79 Å². The van der Waals surface area contributed by atoms with Gasteiger partial charge in [-0.15, -0.1) is 0 Å². The van der Waals surface area contributed by atoms with Crippen LogP contribution in [-0.2, 0) is 28.6 Å². The summed E-state index contributed by atoms with van der Waals surface area (Å²) in [6.45, 7) is 6.78. The maximum Gasteiger partial charge on any atom is 0.408 e. The minimum atomic E-state index is -1.23. The Bertz CT molecular complexity index is 1530. The van der Waals surface area contributed by atoms with Crippen molar-refractivity contribution >= 4 is 23.9 Å². The number of methoxy groups -OCH3 is 1. The van der Waals surface area contributed by atoms with E-state index in [1.165, 1.54) is 36.3 Å². The Labute approximate surface area is 268 Å². The molecular formula is C35H39N3O8. The molecule has 3 amide bonds. The van der Waals surface area contributed by atoms with Gasteiger partial charge in [0.05, 0.1) is 13.2 Å². The van der Waals surface area contributed by atoms with Crippen LogP contribution in [-0.4, -0.2) is 65.8 Å². The van der Waals surface area contributed by atoms with E-state index in [9.17, 15) is 24.3 Å². The van der Waals surface area contributed by atoms with Crippen molar-refractivity contribution in [3.63, 3.8) is 0 Å². The lowest BCUT2D eigenvalue weighted by Gasteiger charge is -2.40. The van der Waals surface area contributed by atoms with E-state index < -0.39 is 47.7 Å². The third kappa shape index (κ3) is 8.51. The number of β-lactam (4-membered cyclic amide) rings is 1. The Morgan fingerprint density at radius 3 is 1.98 bits per heavy atom. The van der Waals surface area contributed by atoms with Crippen molar-refractivity contribution in [3.05, 3.63) is 113 Å². The quantitative estimate of drug-likeness (QED) is 0.159. The van der Waals surface area contributed by atoms with E-state index in [1.54, 1.807) is 27.7 Å². The van der Waals surface area contributed by atoms with Crippen LogP contribution >= 0.6 is 0 Å². The molecule has 0 saturated carbocycles. The maximum absolute atomic E-state index is 13.8. The summed E-state index contributed by atoms with van der Waals surface area (Å²) in [6, 6.07) is 22.0. The van der Waals surface area contributed by atoms with Crippen molar-refractivity contribution in [3.8, 4) is 5.75 Å². The number of nitrogens with zero attached hydrogens (tertiary/aromatic N) is 1. The smallest absolute Gasteiger partial charge is 0.408 e. The van der Waals surface area contributed by atoms with E-state index in [0.717, 1.165) is 11.1 Å². The number of aromatic hydroxyl groups is 1. The molecule has 2 unspecified atom stereocenters. The zero-order valence-electron chi connectivity index (χ0n) is 26.5. The minimum absolute atomic E-state index is 0.0217. The lowest BCUT2D eigenvalue weighted by Crippen LogP contribution is -2.65. The van der Waals surface area contributed by atoms with Crippen molar-refractivity contribution in [1.29, 1.82) is 0 Å². The number of carbonyl (C=O) groups excluding carboxylic acids is 4. The molecule has 1 aliphatic heterocycles. The lowest BCUT2D eigenvalue weighted by molar-refractivity contribution is -0.153. The highest BCUT2D eigenvalue weighted by Gasteiger charge is 2.44. The van der Waals surface area contributed by atoms with E-state index in [0.29, 0.717) is 11.1 Å². The second-order valence-corrected chi connectivity index (χ2v) is 11.8. The lowest BCUT2D eigenvalue weighted by atomic mass is 10.0. The van der Waals surface area contributed by atoms with Gasteiger partial charge in [-0.3, -0.25) is 9.59 Å². The summed E-state index contributed by atoms with van der Waals surface area (Å²) in [7, 11) is 1.48. The number of benzene rings is 3. The highest BCUT2D eigenvalue weighted by molar-refractivity contribution is 6.01. The molecule has 0 spiro atoms. The second kappa shape index (κ2) is 14.7. The molecule has 3 N–H and O–H groups in total. The van der Waals surface area contributed by atoms with Crippen LogP contribution in [0.3, 0.4) is 0 Å². The molecule has 3 aromatic carbocycles. The first-order valence-electron chi connectivity index (χ1n) is 14.8. The Balaban J connectivity index is 1.53. The standard InChI is InChI=1S/C35H39N3O8/c1-22(21-44-5)29(33(42)45-30(24-12-8-6-9-13-24)25-14-10-7-11-15-25)38-20-27(32(38)41)36-31(40)28(23-16-18-26(39)19-17-23)37-34(43)46-35(2,3)4/h6-19,27-28,30,39H,20-21H2,1-5H3,(H,36,40)(H,37,43)/b29-22-. The van der Waals surface area contributed by atoms with Gasteiger partial charge in [-0.1, -0.05) is 72.8 Å². The molecule has 0 radical (unpaired) electrons. The van der Waals surface area contributed by atoms with Gasteiger partial charge in [-0.25, -0.2) is 9.59 Å². The predicted octanol–water partition coefficient (Wildman–Crippen LogP) is 4.54. The summed E-state index contributed by atoms with van der Waals surface area (Å²) in [6.07, 6.45) is -1.58. The number of esters is 1. The number of phenolic OH excluding ortho intramolecular Hbond substituents is 1. The van der Waals surface area contributed by atoms with E-state index >= 15 is 0 Å². The number of likely N-dealkylation sites (tertiary alicyclic amines) is 1. The maximum atomic E-state index is 13.8. The highest BCUT2D eigenvalue weighted by atomic mass is 16.6. The number of rotatable bonds is 11. The number of amides is 3. The number of alkyl carbamates (subject to hydrolysis) is 1. The van der Waals surface area contributed by atoms with E-state index in [4.69, 9.17) is 14.2 Å². The molecule has 11 nitrogen and oxygen atoms in total. The number of hydrogen-bond acceptors (Lipinski definition) is 8. The SMILES string of the molecule is COC/C(C)=C(/C(=O)OC(c1ccccc1)c1ccccc1)N1CC(NC(=O)C(NC(=O)OC(C)(C)C)c2ccc(O)cc2)C1=O. The molecule has 0 bridgehead atoms. The summed E-state index contributed by atoms with van der Waals surface area (Å²) in [4.78, 5) is 54.5. The highest BCUT2D eigenvalue weighted by Crippen LogP contribution is 2.30. The van der Waals surface area contributed by atoms with Crippen LogP contribution in [0.5, 0.6) is 5.75 Å². The number of nitrogens with one attached hydrogen (secondary N) is 2. The number of hydrogen-bond donors (Lipinski definition) is 3. The van der Waals surface area contributed by atoms with Crippen molar-refractivity contribution in [2.75, 3.05) is 20.3 Å². The molecule has 1 saturated heterocycles. The number of phenols is 1. The molecule has 11 heteroatoms. The van der Waals surface area contributed by atoms with Gasteiger partial charge in [-0.2, -0.15) is 0 Å². The first kappa shape index (κ1) is 33.7. The third-order valence-corrected chi connectivity index (χ3v) is 7.05. The van der Waals surface area contributed by atoms with Gasteiger partial charge in [-0.05, 0) is 62.1 Å².